The van der Waals surface area contributed by atoms with Gasteiger partial charge in [0.2, 0.25) is 0 Å². The van der Waals surface area contributed by atoms with Crippen molar-refractivity contribution in [1.29, 1.82) is 0 Å². The number of ether oxygens (including phenoxy) is 2. The maximum Gasteiger partial charge on any atom is 0.412 e. The third kappa shape index (κ3) is 7.45. The zero-order valence-electron chi connectivity index (χ0n) is 21.6. The Labute approximate surface area is 227 Å². The number of rotatable bonds is 10. The van der Waals surface area contributed by atoms with Crippen molar-refractivity contribution in [2.24, 2.45) is 0 Å². The molecule has 0 spiro atoms. The fourth-order valence-corrected chi connectivity index (χ4v) is 4.33. The molecule has 1 aliphatic heterocycles. The number of carbonyl (C=O) groups excluding carboxylic acids is 2. The van der Waals surface area contributed by atoms with E-state index in [4.69, 9.17) is 9.47 Å². The number of hydrogen-bond donors (Lipinski definition) is 3. The number of para-hydroxylation sites is 1. The van der Waals surface area contributed by atoms with Gasteiger partial charge in [0.1, 0.15) is 18.1 Å². The molecule has 2 heterocycles. The SMILES string of the molecule is O=C(NCc1ccc(-c2cc(NC(=O)c3ccc(OCCN4CCCC4)cc3)n[nH]2)cc1)Oc1ccccc1. The van der Waals surface area contributed by atoms with Crippen molar-refractivity contribution in [2.75, 3.05) is 31.6 Å². The van der Waals surface area contributed by atoms with Crippen molar-refractivity contribution in [3.8, 4) is 22.8 Å². The van der Waals surface area contributed by atoms with E-state index >= 15 is 0 Å². The van der Waals surface area contributed by atoms with Crippen LogP contribution in [0, 0.1) is 0 Å². The molecule has 0 unspecified atom stereocenters. The minimum Gasteiger partial charge on any atom is -0.492 e. The maximum absolute atomic E-state index is 12.7. The lowest BCUT2D eigenvalue weighted by atomic mass is 10.1. The van der Waals surface area contributed by atoms with Crippen LogP contribution in [0.1, 0.15) is 28.8 Å². The molecule has 200 valence electrons. The van der Waals surface area contributed by atoms with E-state index in [-0.39, 0.29) is 5.91 Å². The number of aromatic amines is 1. The molecular weight excluding hydrogens is 494 g/mol. The van der Waals surface area contributed by atoms with Gasteiger partial charge in [-0.05, 0) is 73.5 Å². The standard InChI is InChI=1S/C30H31N5O4/c36-29(24-12-14-25(15-13-24)38-19-18-35-16-4-5-17-35)32-28-20-27(33-34-28)23-10-8-22(9-11-23)21-31-30(37)39-26-6-2-1-3-7-26/h1-3,6-15,20H,4-5,16-19,21H2,(H,31,37)(H2,32,33,34,36). The van der Waals surface area contributed by atoms with Crippen LogP contribution in [0.4, 0.5) is 10.6 Å². The smallest absolute Gasteiger partial charge is 0.412 e. The van der Waals surface area contributed by atoms with Crippen molar-refractivity contribution < 1.29 is 19.1 Å². The number of anilines is 1. The van der Waals surface area contributed by atoms with Gasteiger partial charge in [-0.15, -0.1) is 0 Å². The van der Waals surface area contributed by atoms with Crippen LogP contribution >= 0.6 is 0 Å². The topological polar surface area (TPSA) is 109 Å². The second kappa shape index (κ2) is 12.7. The zero-order valence-corrected chi connectivity index (χ0v) is 21.6. The highest BCUT2D eigenvalue weighted by molar-refractivity contribution is 6.04. The van der Waals surface area contributed by atoms with E-state index in [2.05, 4.69) is 25.7 Å². The number of nitrogens with one attached hydrogen (secondary N) is 3. The van der Waals surface area contributed by atoms with Gasteiger partial charge in [-0.2, -0.15) is 5.10 Å². The van der Waals surface area contributed by atoms with E-state index in [1.165, 1.54) is 12.8 Å². The van der Waals surface area contributed by atoms with Crippen molar-refractivity contribution >= 4 is 17.8 Å². The minimum absolute atomic E-state index is 0.250. The highest BCUT2D eigenvalue weighted by Crippen LogP contribution is 2.21. The lowest BCUT2D eigenvalue weighted by Gasteiger charge is -2.14. The lowest BCUT2D eigenvalue weighted by Crippen LogP contribution is -2.26. The first-order chi connectivity index (χ1) is 19.1. The molecule has 0 aliphatic carbocycles. The van der Waals surface area contributed by atoms with Gasteiger partial charge in [-0.25, -0.2) is 4.79 Å². The average Bonchev–Trinajstić information content (AvgIpc) is 3.66. The van der Waals surface area contributed by atoms with E-state index in [9.17, 15) is 9.59 Å². The van der Waals surface area contributed by atoms with Crippen LogP contribution in [0.3, 0.4) is 0 Å². The van der Waals surface area contributed by atoms with Crippen LogP contribution in [-0.2, 0) is 6.54 Å². The van der Waals surface area contributed by atoms with Crippen LogP contribution < -0.4 is 20.1 Å². The van der Waals surface area contributed by atoms with Crippen LogP contribution in [-0.4, -0.2) is 53.3 Å². The first kappa shape index (κ1) is 26.0. The molecule has 1 aromatic heterocycles. The molecule has 9 heteroatoms. The Morgan fingerprint density at radius 1 is 0.897 bits per heavy atom. The highest BCUT2D eigenvalue weighted by Gasteiger charge is 2.12. The van der Waals surface area contributed by atoms with Gasteiger partial charge >= 0.3 is 6.09 Å². The number of nitrogens with zero attached hydrogens (tertiary/aromatic N) is 2. The number of benzene rings is 3. The monoisotopic (exact) mass is 525 g/mol. The Morgan fingerprint density at radius 3 is 2.38 bits per heavy atom. The summed E-state index contributed by atoms with van der Waals surface area (Å²) in [6.07, 6.45) is 2.01. The number of hydrogen-bond acceptors (Lipinski definition) is 6. The molecule has 0 saturated carbocycles. The quantitative estimate of drug-likeness (QED) is 0.266. The summed E-state index contributed by atoms with van der Waals surface area (Å²) in [5.74, 6) is 1.41. The van der Waals surface area contributed by atoms with Crippen molar-refractivity contribution in [2.45, 2.75) is 19.4 Å². The summed E-state index contributed by atoms with van der Waals surface area (Å²) in [7, 11) is 0. The Hall–Kier alpha value is -4.63. The van der Waals surface area contributed by atoms with E-state index < -0.39 is 6.09 Å². The average molecular weight is 526 g/mol. The molecule has 0 radical (unpaired) electrons. The third-order valence-electron chi connectivity index (χ3n) is 6.47. The van der Waals surface area contributed by atoms with Crippen molar-refractivity contribution in [1.82, 2.24) is 20.4 Å². The molecule has 0 atom stereocenters. The fourth-order valence-electron chi connectivity index (χ4n) is 4.33. The largest absolute Gasteiger partial charge is 0.492 e. The van der Waals surface area contributed by atoms with E-state index in [1.807, 2.05) is 42.5 Å². The summed E-state index contributed by atoms with van der Waals surface area (Å²) >= 11 is 0. The number of likely N-dealkylation sites (tertiary alicyclic amines) is 1. The summed E-state index contributed by atoms with van der Waals surface area (Å²) in [4.78, 5) is 27.1. The minimum atomic E-state index is -0.515. The Kier molecular flexibility index (Phi) is 8.50. The lowest BCUT2D eigenvalue weighted by molar-refractivity contribution is 0.102. The first-order valence-electron chi connectivity index (χ1n) is 13.0. The van der Waals surface area contributed by atoms with Crippen molar-refractivity contribution in [3.63, 3.8) is 0 Å². The molecule has 1 aliphatic rings. The molecule has 5 rings (SSSR count). The summed E-state index contributed by atoms with van der Waals surface area (Å²) in [5.41, 5.74) is 3.10. The van der Waals surface area contributed by atoms with Crippen molar-refractivity contribution in [3.05, 3.63) is 96.1 Å². The van der Waals surface area contributed by atoms with Gasteiger partial charge in [0, 0.05) is 24.7 Å². The number of amides is 2. The van der Waals surface area contributed by atoms with Crippen LogP contribution in [0.25, 0.3) is 11.3 Å². The van der Waals surface area contributed by atoms with E-state index in [0.29, 0.717) is 30.3 Å². The normalized spacial score (nSPS) is 13.1. The Morgan fingerprint density at radius 2 is 1.64 bits per heavy atom. The molecule has 2 amide bonds. The zero-order chi connectivity index (χ0) is 26.9. The second-order valence-electron chi connectivity index (χ2n) is 9.30. The number of carbonyl (C=O) groups is 2. The first-order valence-corrected chi connectivity index (χ1v) is 13.0. The van der Waals surface area contributed by atoms with Gasteiger partial charge < -0.3 is 20.1 Å². The molecule has 3 aromatic carbocycles. The second-order valence-corrected chi connectivity index (χ2v) is 9.30. The maximum atomic E-state index is 12.7. The molecule has 1 fully saturated rings. The molecule has 1 saturated heterocycles. The fraction of sp³-hybridized carbons (Fsp3) is 0.233. The van der Waals surface area contributed by atoms with Gasteiger partial charge in [0.25, 0.3) is 5.91 Å². The summed E-state index contributed by atoms with van der Waals surface area (Å²) in [5, 5.41) is 12.7. The predicted octanol–water partition coefficient (Wildman–Crippen LogP) is 5.09. The highest BCUT2D eigenvalue weighted by atomic mass is 16.6. The number of aromatic nitrogens is 2. The number of H-pyrrole nitrogens is 1. The predicted molar refractivity (Wildman–Crippen MR) is 149 cm³/mol. The van der Waals surface area contributed by atoms with Crippen LogP contribution in [0.5, 0.6) is 11.5 Å². The van der Waals surface area contributed by atoms with Gasteiger partial charge in [0.15, 0.2) is 5.82 Å². The molecule has 9 nitrogen and oxygen atoms in total. The summed E-state index contributed by atoms with van der Waals surface area (Å²) in [6, 6.07) is 25.4. The summed E-state index contributed by atoms with van der Waals surface area (Å²) in [6.45, 7) is 4.19. The molecule has 0 bridgehead atoms. The van der Waals surface area contributed by atoms with Gasteiger partial charge in [-0.1, -0.05) is 42.5 Å². The van der Waals surface area contributed by atoms with Gasteiger partial charge in [-0.3, -0.25) is 14.8 Å². The van der Waals surface area contributed by atoms with Crippen LogP contribution in [0.2, 0.25) is 0 Å². The molecular formula is C30H31N5O4. The Balaban J connectivity index is 1.08. The third-order valence-corrected chi connectivity index (χ3v) is 6.47. The molecule has 3 N–H and O–H groups in total. The van der Waals surface area contributed by atoms with Gasteiger partial charge in [0.05, 0.1) is 5.69 Å². The molecule has 4 aromatic rings. The molecule has 39 heavy (non-hydrogen) atoms. The Bertz CT molecular complexity index is 1360. The van der Waals surface area contributed by atoms with Crippen LogP contribution in [0.15, 0.2) is 84.9 Å². The summed E-state index contributed by atoms with van der Waals surface area (Å²) < 4.78 is 11.0. The van der Waals surface area contributed by atoms with E-state index in [1.54, 1.807) is 42.5 Å². The van der Waals surface area contributed by atoms with E-state index in [0.717, 1.165) is 42.2 Å².